The van der Waals surface area contributed by atoms with Crippen molar-refractivity contribution in [1.82, 2.24) is 20.2 Å². The highest BCUT2D eigenvalue weighted by Crippen LogP contribution is 2.31. The molecule has 2 aromatic rings. The molecule has 0 radical (unpaired) electrons. The average Bonchev–Trinajstić information content (AvgIpc) is 2.73. The number of rotatable bonds is 4. The van der Waals surface area contributed by atoms with Crippen molar-refractivity contribution in [3.05, 3.63) is 40.1 Å². The summed E-state index contributed by atoms with van der Waals surface area (Å²) in [5.74, 6) is -0.735. The molecule has 0 fully saturated rings. The van der Waals surface area contributed by atoms with Gasteiger partial charge >= 0.3 is 5.97 Å². The van der Waals surface area contributed by atoms with Crippen LogP contribution in [0.4, 0.5) is 0 Å². The van der Waals surface area contributed by atoms with Crippen molar-refractivity contribution in [2.75, 3.05) is 0 Å². The van der Waals surface area contributed by atoms with E-state index in [2.05, 4.69) is 31.5 Å². The van der Waals surface area contributed by atoms with Gasteiger partial charge in [-0.3, -0.25) is 4.79 Å². The molecule has 18 heavy (non-hydrogen) atoms. The van der Waals surface area contributed by atoms with Crippen molar-refractivity contribution in [2.45, 2.75) is 12.3 Å². The summed E-state index contributed by atoms with van der Waals surface area (Å²) < 4.78 is 2.34. The van der Waals surface area contributed by atoms with Gasteiger partial charge in [0.15, 0.2) is 5.82 Å². The number of hydrogen-bond acceptors (Lipinski definition) is 4. The predicted octanol–water partition coefficient (Wildman–Crippen LogP) is 1.58. The second-order valence-electron chi connectivity index (χ2n) is 3.83. The third-order valence-electron chi connectivity index (χ3n) is 2.62. The fraction of sp³-hybridized carbons (Fsp3) is 0.273. The fourth-order valence-corrected chi connectivity index (χ4v) is 2.37. The average molecular weight is 311 g/mol. The first-order chi connectivity index (χ1) is 8.59. The van der Waals surface area contributed by atoms with Gasteiger partial charge in [0.25, 0.3) is 0 Å². The molecule has 1 heterocycles. The van der Waals surface area contributed by atoms with E-state index in [4.69, 9.17) is 5.11 Å². The lowest BCUT2D eigenvalue weighted by molar-refractivity contribution is -0.137. The van der Waals surface area contributed by atoms with Gasteiger partial charge in [-0.15, -0.1) is 5.10 Å². The predicted molar refractivity (Wildman–Crippen MR) is 67.0 cm³/mol. The molecule has 2 rings (SSSR count). The lowest BCUT2D eigenvalue weighted by Crippen LogP contribution is -2.13. The summed E-state index contributed by atoms with van der Waals surface area (Å²) in [6, 6.07) is 7.47. The van der Waals surface area contributed by atoms with E-state index in [1.165, 1.54) is 4.68 Å². The van der Waals surface area contributed by atoms with Crippen molar-refractivity contribution in [2.24, 2.45) is 7.05 Å². The Morgan fingerprint density at radius 1 is 1.50 bits per heavy atom. The van der Waals surface area contributed by atoms with E-state index < -0.39 is 5.97 Å². The smallest absolute Gasteiger partial charge is 0.304 e. The number of aliphatic carboxylic acids is 1. The molecule has 1 N–H and O–H groups in total. The van der Waals surface area contributed by atoms with Gasteiger partial charge in [0.2, 0.25) is 0 Å². The molecular weight excluding hydrogens is 300 g/mol. The number of hydrogen-bond donors (Lipinski definition) is 1. The van der Waals surface area contributed by atoms with Crippen LogP contribution < -0.4 is 0 Å². The van der Waals surface area contributed by atoms with Crippen molar-refractivity contribution >= 4 is 21.9 Å². The maximum atomic E-state index is 11.0. The normalized spacial score (nSPS) is 12.3. The molecule has 1 aromatic carbocycles. The zero-order chi connectivity index (χ0) is 13.1. The Kier molecular flexibility index (Phi) is 3.71. The molecule has 0 aliphatic heterocycles. The molecule has 0 saturated carbocycles. The topological polar surface area (TPSA) is 80.9 Å². The quantitative estimate of drug-likeness (QED) is 0.927. The Labute approximate surface area is 112 Å². The number of carbonyl (C=O) groups is 1. The number of tetrazole rings is 1. The van der Waals surface area contributed by atoms with Crippen LogP contribution in [0.25, 0.3) is 0 Å². The van der Waals surface area contributed by atoms with Crippen LogP contribution in [0.2, 0.25) is 0 Å². The first kappa shape index (κ1) is 12.7. The van der Waals surface area contributed by atoms with Gasteiger partial charge in [0.05, 0.1) is 12.3 Å². The van der Waals surface area contributed by atoms with Crippen LogP contribution in [0.15, 0.2) is 28.7 Å². The summed E-state index contributed by atoms with van der Waals surface area (Å²) in [5, 5.41) is 20.2. The van der Waals surface area contributed by atoms with Crippen LogP contribution >= 0.6 is 15.9 Å². The molecule has 0 aliphatic rings. The number of nitrogens with zero attached hydrogens (tertiary/aromatic N) is 4. The Hall–Kier alpha value is -1.76. The molecule has 7 heteroatoms. The first-order valence-corrected chi connectivity index (χ1v) is 6.07. The fourth-order valence-electron chi connectivity index (χ4n) is 1.80. The third-order valence-corrected chi connectivity index (χ3v) is 3.35. The molecule has 0 saturated heterocycles. The zero-order valence-electron chi connectivity index (χ0n) is 9.62. The van der Waals surface area contributed by atoms with Gasteiger partial charge < -0.3 is 5.11 Å². The molecular formula is C11H11BrN4O2. The molecule has 1 unspecified atom stereocenters. The van der Waals surface area contributed by atoms with E-state index in [9.17, 15) is 4.79 Å². The number of halogens is 1. The summed E-state index contributed by atoms with van der Waals surface area (Å²) in [6.45, 7) is 0. The molecule has 0 aliphatic carbocycles. The Bertz CT molecular complexity index is 570. The minimum Gasteiger partial charge on any atom is -0.481 e. The monoisotopic (exact) mass is 310 g/mol. The van der Waals surface area contributed by atoms with E-state index in [-0.39, 0.29) is 12.3 Å². The molecule has 0 spiro atoms. The van der Waals surface area contributed by atoms with Crippen molar-refractivity contribution < 1.29 is 9.90 Å². The summed E-state index contributed by atoms with van der Waals surface area (Å²) >= 11 is 3.43. The van der Waals surface area contributed by atoms with Crippen LogP contribution in [0.3, 0.4) is 0 Å². The number of aromatic nitrogens is 4. The van der Waals surface area contributed by atoms with E-state index in [1.807, 2.05) is 24.3 Å². The van der Waals surface area contributed by atoms with E-state index in [0.29, 0.717) is 5.82 Å². The summed E-state index contributed by atoms with van der Waals surface area (Å²) in [7, 11) is 1.70. The zero-order valence-corrected chi connectivity index (χ0v) is 11.2. The molecule has 1 aromatic heterocycles. The molecule has 94 valence electrons. The number of benzene rings is 1. The Balaban J connectivity index is 2.47. The number of carboxylic acid groups (broad SMARTS) is 1. The molecule has 1 atom stereocenters. The highest BCUT2D eigenvalue weighted by Gasteiger charge is 2.24. The minimum atomic E-state index is -0.890. The van der Waals surface area contributed by atoms with E-state index in [1.54, 1.807) is 7.05 Å². The van der Waals surface area contributed by atoms with Gasteiger partial charge in [0, 0.05) is 11.5 Å². The second kappa shape index (κ2) is 5.26. The number of aryl methyl sites for hydroxylation is 1. The summed E-state index contributed by atoms with van der Waals surface area (Å²) in [6.07, 6.45) is -0.0587. The van der Waals surface area contributed by atoms with Gasteiger partial charge in [-0.25, -0.2) is 4.68 Å². The second-order valence-corrected chi connectivity index (χ2v) is 4.69. The lowest BCUT2D eigenvalue weighted by Gasteiger charge is -2.15. The standard InChI is InChI=1S/C11H11BrN4O2/c1-16-11(13-14-15-16)8(6-10(17)18)7-4-2-3-5-9(7)12/h2-5,8H,6H2,1H3,(H,17,18). The molecule has 6 nitrogen and oxygen atoms in total. The Morgan fingerprint density at radius 2 is 2.22 bits per heavy atom. The SMILES string of the molecule is Cn1nnnc1C(CC(=O)O)c1ccccc1Br. The minimum absolute atomic E-state index is 0.0587. The van der Waals surface area contributed by atoms with Gasteiger partial charge in [-0.1, -0.05) is 34.1 Å². The van der Waals surface area contributed by atoms with Crippen molar-refractivity contribution in [3.8, 4) is 0 Å². The van der Waals surface area contributed by atoms with Crippen LogP contribution in [-0.4, -0.2) is 31.3 Å². The highest BCUT2D eigenvalue weighted by atomic mass is 79.9. The van der Waals surface area contributed by atoms with Crippen LogP contribution in [0.5, 0.6) is 0 Å². The molecule has 0 amide bonds. The van der Waals surface area contributed by atoms with Gasteiger partial charge in [0.1, 0.15) is 0 Å². The largest absolute Gasteiger partial charge is 0.481 e. The molecule has 0 bridgehead atoms. The maximum Gasteiger partial charge on any atom is 0.304 e. The van der Waals surface area contributed by atoms with Crippen molar-refractivity contribution in [1.29, 1.82) is 0 Å². The van der Waals surface area contributed by atoms with Crippen molar-refractivity contribution in [3.63, 3.8) is 0 Å². The Morgan fingerprint density at radius 3 is 2.78 bits per heavy atom. The highest BCUT2D eigenvalue weighted by molar-refractivity contribution is 9.10. The summed E-state index contributed by atoms with van der Waals surface area (Å²) in [4.78, 5) is 11.0. The van der Waals surface area contributed by atoms with Gasteiger partial charge in [-0.2, -0.15) is 0 Å². The summed E-state index contributed by atoms with van der Waals surface area (Å²) in [5.41, 5.74) is 0.859. The van der Waals surface area contributed by atoms with E-state index in [0.717, 1.165) is 10.0 Å². The van der Waals surface area contributed by atoms with Crippen LogP contribution in [0.1, 0.15) is 23.7 Å². The lowest BCUT2D eigenvalue weighted by atomic mass is 9.95. The first-order valence-electron chi connectivity index (χ1n) is 5.28. The van der Waals surface area contributed by atoms with E-state index >= 15 is 0 Å². The van der Waals surface area contributed by atoms with Gasteiger partial charge in [-0.05, 0) is 22.1 Å². The van der Waals surface area contributed by atoms with Crippen LogP contribution in [-0.2, 0) is 11.8 Å². The third kappa shape index (κ3) is 2.56. The number of carboxylic acids is 1. The van der Waals surface area contributed by atoms with Crippen LogP contribution in [0, 0.1) is 0 Å². The maximum absolute atomic E-state index is 11.0.